The molecule has 2 rings (SSSR count). The molecule has 0 radical (unpaired) electrons. The van der Waals surface area contributed by atoms with Crippen molar-refractivity contribution in [2.45, 2.75) is 26.4 Å². The molecule has 2 heteroatoms. The van der Waals surface area contributed by atoms with E-state index in [1.807, 2.05) is 31.2 Å². The van der Waals surface area contributed by atoms with Crippen LogP contribution in [0.1, 0.15) is 29.8 Å². The Labute approximate surface area is 89.9 Å². The van der Waals surface area contributed by atoms with E-state index in [2.05, 4.69) is 0 Å². The Morgan fingerprint density at radius 3 is 2.60 bits per heavy atom. The summed E-state index contributed by atoms with van der Waals surface area (Å²) in [7, 11) is 0. The zero-order valence-electron chi connectivity index (χ0n) is 9.10. The Hall–Kier alpha value is -1.15. The van der Waals surface area contributed by atoms with Crippen molar-refractivity contribution >= 4 is 5.78 Å². The van der Waals surface area contributed by atoms with Crippen LogP contribution in [0, 0.1) is 11.8 Å². The van der Waals surface area contributed by atoms with Crippen molar-refractivity contribution in [3.63, 3.8) is 0 Å². The summed E-state index contributed by atoms with van der Waals surface area (Å²) in [5.74, 6) is 0.186. The van der Waals surface area contributed by atoms with E-state index >= 15 is 0 Å². The van der Waals surface area contributed by atoms with Gasteiger partial charge >= 0.3 is 0 Å². The molecular weight excluding hydrogens is 188 g/mol. The Balaban J connectivity index is 2.27. The molecular formula is C13H16O2. The number of carbonyl (C=O) groups excluding carboxylic acids is 1. The van der Waals surface area contributed by atoms with Gasteiger partial charge in [-0.2, -0.15) is 0 Å². The molecule has 15 heavy (non-hydrogen) atoms. The topological polar surface area (TPSA) is 37.3 Å². The van der Waals surface area contributed by atoms with Gasteiger partial charge in [-0.3, -0.25) is 4.79 Å². The molecule has 80 valence electrons. The smallest absolute Gasteiger partial charge is 0.166 e. The zero-order chi connectivity index (χ0) is 11.0. The van der Waals surface area contributed by atoms with E-state index in [4.69, 9.17) is 0 Å². The standard InChI is InChI=1S/C13H16O2/c1-8(9(2)14)12-7-10-5-3-4-6-11(10)13(12)15/h3-6,8-9,12,14H,7H2,1-2H3. The molecule has 0 bridgehead atoms. The molecule has 0 saturated heterocycles. The van der Waals surface area contributed by atoms with Gasteiger partial charge in [-0.05, 0) is 24.8 Å². The monoisotopic (exact) mass is 204 g/mol. The average Bonchev–Trinajstić information content (AvgIpc) is 2.56. The number of aliphatic hydroxyl groups excluding tert-OH is 1. The molecule has 1 N–H and O–H groups in total. The van der Waals surface area contributed by atoms with Crippen LogP contribution in [0.3, 0.4) is 0 Å². The maximum Gasteiger partial charge on any atom is 0.166 e. The highest BCUT2D eigenvalue weighted by atomic mass is 16.3. The van der Waals surface area contributed by atoms with Gasteiger partial charge in [0.25, 0.3) is 0 Å². The first-order chi connectivity index (χ1) is 7.11. The molecule has 0 aromatic heterocycles. The van der Waals surface area contributed by atoms with Gasteiger partial charge in [0.15, 0.2) is 5.78 Å². The minimum absolute atomic E-state index is 0.0323. The van der Waals surface area contributed by atoms with Crippen LogP contribution in [0.2, 0.25) is 0 Å². The van der Waals surface area contributed by atoms with Gasteiger partial charge in [0.1, 0.15) is 0 Å². The summed E-state index contributed by atoms with van der Waals surface area (Å²) in [4.78, 5) is 12.0. The maximum atomic E-state index is 12.0. The summed E-state index contributed by atoms with van der Waals surface area (Å²) < 4.78 is 0. The van der Waals surface area contributed by atoms with Gasteiger partial charge in [-0.15, -0.1) is 0 Å². The van der Waals surface area contributed by atoms with Gasteiger partial charge in [0.2, 0.25) is 0 Å². The van der Waals surface area contributed by atoms with Crippen molar-refractivity contribution in [3.05, 3.63) is 35.4 Å². The van der Waals surface area contributed by atoms with Crippen molar-refractivity contribution in [2.24, 2.45) is 11.8 Å². The Kier molecular flexibility index (Phi) is 2.61. The van der Waals surface area contributed by atoms with E-state index in [0.29, 0.717) is 0 Å². The number of hydrogen-bond donors (Lipinski definition) is 1. The average molecular weight is 204 g/mol. The third-order valence-corrected chi connectivity index (χ3v) is 3.46. The predicted octanol–water partition coefficient (Wildman–Crippen LogP) is 2.06. The van der Waals surface area contributed by atoms with Gasteiger partial charge < -0.3 is 5.11 Å². The quantitative estimate of drug-likeness (QED) is 0.800. The van der Waals surface area contributed by atoms with Crippen LogP contribution in [0.15, 0.2) is 24.3 Å². The first kappa shape index (κ1) is 10.4. The maximum absolute atomic E-state index is 12.0. The SMILES string of the molecule is CC(O)C(C)C1Cc2ccccc2C1=O. The van der Waals surface area contributed by atoms with E-state index < -0.39 is 6.10 Å². The molecule has 0 fully saturated rings. The minimum atomic E-state index is -0.423. The molecule has 3 atom stereocenters. The normalized spacial score (nSPS) is 23.7. The van der Waals surface area contributed by atoms with E-state index in [-0.39, 0.29) is 17.6 Å². The highest BCUT2D eigenvalue weighted by Gasteiger charge is 2.35. The molecule has 0 saturated carbocycles. The third-order valence-electron chi connectivity index (χ3n) is 3.46. The number of hydrogen-bond acceptors (Lipinski definition) is 2. The summed E-state index contributed by atoms with van der Waals surface area (Å²) in [6.07, 6.45) is 0.356. The summed E-state index contributed by atoms with van der Waals surface area (Å²) >= 11 is 0. The number of benzene rings is 1. The molecule has 0 aliphatic heterocycles. The highest BCUT2D eigenvalue weighted by Crippen LogP contribution is 2.32. The van der Waals surface area contributed by atoms with Crippen LogP contribution in [0.25, 0.3) is 0 Å². The summed E-state index contributed by atoms with van der Waals surface area (Å²) in [5, 5.41) is 9.53. The second-order valence-electron chi connectivity index (χ2n) is 4.43. The Morgan fingerprint density at radius 1 is 1.33 bits per heavy atom. The second kappa shape index (κ2) is 3.78. The zero-order valence-corrected chi connectivity index (χ0v) is 9.10. The highest BCUT2D eigenvalue weighted by molar-refractivity contribution is 6.02. The lowest BCUT2D eigenvalue weighted by Gasteiger charge is -2.20. The molecule has 1 aliphatic carbocycles. The summed E-state index contributed by atoms with van der Waals surface area (Å²) in [5.41, 5.74) is 1.97. The lowest BCUT2D eigenvalue weighted by molar-refractivity contribution is 0.0714. The number of fused-ring (bicyclic) bond motifs is 1. The molecule has 0 amide bonds. The number of ketones is 1. The number of aliphatic hydroxyl groups is 1. The van der Waals surface area contributed by atoms with Crippen LogP contribution in [0.5, 0.6) is 0 Å². The molecule has 1 aliphatic rings. The second-order valence-corrected chi connectivity index (χ2v) is 4.43. The van der Waals surface area contributed by atoms with Crippen molar-refractivity contribution in [2.75, 3.05) is 0 Å². The van der Waals surface area contributed by atoms with Crippen LogP contribution in [-0.2, 0) is 6.42 Å². The predicted molar refractivity (Wildman–Crippen MR) is 58.8 cm³/mol. The number of rotatable bonds is 2. The fourth-order valence-electron chi connectivity index (χ4n) is 2.23. The van der Waals surface area contributed by atoms with E-state index in [1.54, 1.807) is 6.92 Å². The van der Waals surface area contributed by atoms with Crippen molar-refractivity contribution in [3.8, 4) is 0 Å². The van der Waals surface area contributed by atoms with Gasteiger partial charge in [-0.25, -0.2) is 0 Å². The first-order valence-electron chi connectivity index (χ1n) is 5.41. The molecule has 2 nitrogen and oxygen atoms in total. The van der Waals surface area contributed by atoms with Crippen molar-refractivity contribution in [1.82, 2.24) is 0 Å². The third kappa shape index (κ3) is 1.70. The molecule has 1 aromatic rings. The van der Waals surface area contributed by atoms with Gasteiger partial charge in [-0.1, -0.05) is 31.2 Å². The largest absolute Gasteiger partial charge is 0.393 e. The van der Waals surface area contributed by atoms with Crippen LogP contribution >= 0.6 is 0 Å². The first-order valence-corrected chi connectivity index (χ1v) is 5.41. The van der Waals surface area contributed by atoms with Crippen LogP contribution in [0.4, 0.5) is 0 Å². The lowest BCUT2D eigenvalue weighted by atomic mass is 9.87. The molecule has 0 heterocycles. The van der Waals surface area contributed by atoms with Gasteiger partial charge in [0.05, 0.1) is 6.10 Å². The van der Waals surface area contributed by atoms with Crippen LogP contribution in [-0.4, -0.2) is 17.0 Å². The minimum Gasteiger partial charge on any atom is -0.393 e. The Morgan fingerprint density at radius 2 is 2.00 bits per heavy atom. The van der Waals surface area contributed by atoms with Crippen molar-refractivity contribution < 1.29 is 9.90 Å². The van der Waals surface area contributed by atoms with E-state index in [1.165, 1.54) is 0 Å². The Bertz CT molecular complexity index is 382. The van der Waals surface area contributed by atoms with E-state index in [9.17, 15) is 9.90 Å². The molecule has 1 aromatic carbocycles. The number of carbonyl (C=O) groups is 1. The summed E-state index contributed by atoms with van der Waals surface area (Å²) in [6, 6.07) is 7.74. The lowest BCUT2D eigenvalue weighted by Crippen LogP contribution is -2.26. The fraction of sp³-hybridized carbons (Fsp3) is 0.462. The molecule has 3 unspecified atom stereocenters. The van der Waals surface area contributed by atoms with Crippen molar-refractivity contribution in [1.29, 1.82) is 0 Å². The van der Waals surface area contributed by atoms with Gasteiger partial charge in [0, 0.05) is 11.5 Å². The summed E-state index contributed by atoms with van der Waals surface area (Å²) in [6.45, 7) is 3.69. The number of Topliss-reactive ketones (excluding diaryl/α,β-unsaturated/α-hetero) is 1. The van der Waals surface area contributed by atoms with E-state index in [0.717, 1.165) is 17.5 Å². The fourth-order valence-corrected chi connectivity index (χ4v) is 2.23. The van der Waals surface area contributed by atoms with Crippen LogP contribution < -0.4 is 0 Å². The molecule has 0 spiro atoms.